The molecule has 1 N–H and O–H groups in total. The van der Waals surface area contributed by atoms with E-state index in [0.29, 0.717) is 17.3 Å². The summed E-state index contributed by atoms with van der Waals surface area (Å²) in [7, 11) is -3.44. The predicted molar refractivity (Wildman–Crippen MR) is 91.5 cm³/mol. The molecule has 0 aliphatic heterocycles. The highest BCUT2D eigenvalue weighted by Gasteiger charge is 2.12. The van der Waals surface area contributed by atoms with Crippen molar-refractivity contribution < 1.29 is 8.42 Å². The summed E-state index contributed by atoms with van der Waals surface area (Å²) in [6, 6.07) is 14.0. The minimum absolute atomic E-state index is 0.266. The highest BCUT2D eigenvalue weighted by atomic mass is 79.9. The molecule has 2 rings (SSSR count). The van der Waals surface area contributed by atoms with Crippen molar-refractivity contribution in [2.45, 2.75) is 9.79 Å². The lowest BCUT2D eigenvalue weighted by Crippen LogP contribution is -2.25. The highest BCUT2D eigenvalue weighted by molar-refractivity contribution is 9.10. The number of halogens is 2. The first-order valence-electron chi connectivity index (χ1n) is 6.11. The molecule has 0 saturated heterocycles. The molecule has 0 unspecified atom stereocenters. The largest absolute Gasteiger partial charge is 0.240 e. The summed E-state index contributed by atoms with van der Waals surface area (Å²) >= 11 is 10.7. The average Bonchev–Trinajstić information content (AvgIpc) is 2.46. The fourth-order valence-corrected chi connectivity index (χ4v) is 3.89. The van der Waals surface area contributed by atoms with Gasteiger partial charge in [-0.3, -0.25) is 0 Å². The van der Waals surface area contributed by atoms with Crippen molar-refractivity contribution in [3.05, 3.63) is 58.0 Å². The van der Waals surface area contributed by atoms with Gasteiger partial charge < -0.3 is 0 Å². The lowest BCUT2D eigenvalue weighted by Gasteiger charge is -2.07. The summed E-state index contributed by atoms with van der Waals surface area (Å²) < 4.78 is 27.5. The van der Waals surface area contributed by atoms with E-state index in [0.717, 1.165) is 9.37 Å². The molecule has 0 atom stereocenters. The van der Waals surface area contributed by atoms with E-state index in [4.69, 9.17) is 11.6 Å². The summed E-state index contributed by atoms with van der Waals surface area (Å²) in [6.07, 6.45) is 0. The van der Waals surface area contributed by atoms with Crippen LogP contribution in [-0.2, 0) is 10.0 Å². The molecule has 112 valence electrons. The van der Waals surface area contributed by atoms with E-state index < -0.39 is 10.0 Å². The second-order valence-electron chi connectivity index (χ2n) is 4.15. The van der Waals surface area contributed by atoms with E-state index in [9.17, 15) is 8.42 Å². The Hall–Kier alpha value is -0.530. The van der Waals surface area contributed by atoms with Crippen LogP contribution in [0.2, 0.25) is 5.02 Å². The Morgan fingerprint density at radius 3 is 2.29 bits per heavy atom. The van der Waals surface area contributed by atoms with Gasteiger partial charge in [-0.2, -0.15) is 0 Å². The van der Waals surface area contributed by atoms with Gasteiger partial charge in [0, 0.05) is 26.7 Å². The molecule has 0 amide bonds. The first-order valence-corrected chi connectivity index (χ1v) is 9.75. The van der Waals surface area contributed by atoms with Crippen molar-refractivity contribution in [1.29, 1.82) is 0 Å². The van der Waals surface area contributed by atoms with Crippen molar-refractivity contribution in [3.8, 4) is 0 Å². The number of rotatable bonds is 6. The lowest BCUT2D eigenvalue weighted by atomic mass is 10.4. The maximum Gasteiger partial charge on any atom is 0.240 e. The van der Waals surface area contributed by atoms with E-state index in [1.165, 1.54) is 0 Å². The van der Waals surface area contributed by atoms with Gasteiger partial charge in [0.2, 0.25) is 10.0 Å². The molecule has 0 aliphatic carbocycles. The van der Waals surface area contributed by atoms with E-state index in [-0.39, 0.29) is 4.90 Å². The maximum atomic E-state index is 12.0. The zero-order chi connectivity index (χ0) is 15.3. The van der Waals surface area contributed by atoms with Crippen LogP contribution in [0.25, 0.3) is 0 Å². The van der Waals surface area contributed by atoms with E-state index in [1.54, 1.807) is 36.0 Å². The Morgan fingerprint density at radius 1 is 1.05 bits per heavy atom. The van der Waals surface area contributed by atoms with Gasteiger partial charge in [-0.25, -0.2) is 13.1 Å². The number of hydrogen-bond acceptors (Lipinski definition) is 3. The summed E-state index contributed by atoms with van der Waals surface area (Å²) in [4.78, 5) is 1.32. The Labute approximate surface area is 142 Å². The third-order valence-electron chi connectivity index (χ3n) is 2.60. The van der Waals surface area contributed by atoms with Gasteiger partial charge in [0.15, 0.2) is 0 Å². The summed E-state index contributed by atoms with van der Waals surface area (Å²) in [6.45, 7) is 0.367. The number of nitrogens with one attached hydrogen (secondary N) is 1. The van der Waals surface area contributed by atoms with E-state index in [1.807, 2.05) is 24.3 Å². The van der Waals surface area contributed by atoms with Crippen LogP contribution in [0.3, 0.4) is 0 Å². The average molecular weight is 407 g/mol. The van der Waals surface area contributed by atoms with Crippen LogP contribution >= 0.6 is 39.3 Å². The van der Waals surface area contributed by atoms with E-state index in [2.05, 4.69) is 20.7 Å². The molecule has 2 aromatic rings. The molecular formula is C14H13BrClNO2S2. The van der Waals surface area contributed by atoms with E-state index >= 15 is 0 Å². The maximum absolute atomic E-state index is 12.0. The van der Waals surface area contributed by atoms with Gasteiger partial charge in [0.1, 0.15) is 0 Å². The second-order valence-corrected chi connectivity index (χ2v) is 8.44. The van der Waals surface area contributed by atoms with Crippen molar-refractivity contribution in [1.82, 2.24) is 4.72 Å². The van der Waals surface area contributed by atoms with Gasteiger partial charge in [0.25, 0.3) is 0 Å². The quantitative estimate of drug-likeness (QED) is 0.578. The third kappa shape index (κ3) is 5.30. The summed E-state index contributed by atoms with van der Waals surface area (Å²) in [5.74, 6) is 0.650. The number of thioether (sulfide) groups is 1. The minimum Gasteiger partial charge on any atom is -0.210 e. The highest BCUT2D eigenvalue weighted by Crippen LogP contribution is 2.20. The molecule has 0 saturated carbocycles. The molecule has 21 heavy (non-hydrogen) atoms. The minimum atomic E-state index is -3.44. The Kier molecular flexibility index (Phi) is 6.13. The molecule has 3 nitrogen and oxygen atoms in total. The Bertz CT molecular complexity index is 688. The van der Waals surface area contributed by atoms with Crippen LogP contribution in [0.5, 0.6) is 0 Å². The second kappa shape index (κ2) is 7.65. The van der Waals surface area contributed by atoms with Crippen LogP contribution in [0, 0.1) is 0 Å². The summed E-state index contributed by atoms with van der Waals surface area (Å²) in [5, 5.41) is 0.690. The summed E-state index contributed by atoms with van der Waals surface area (Å²) in [5.41, 5.74) is 0. The molecule has 0 fully saturated rings. The molecule has 0 radical (unpaired) electrons. The van der Waals surface area contributed by atoms with Crippen molar-refractivity contribution in [3.63, 3.8) is 0 Å². The van der Waals surface area contributed by atoms with Crippen LogP contribution in [0.15, 0.2) is 62.8 Å². The van der Waals surface area contributed by atoms with Gasteiger partial charge in [-0.1, -0.05) is 27.5 Å². The molecule has 0 bridgehead atoms. The zero-order valence-corrected chi connectivity index (χ0v) is 14.9. The van der Waals surface area contributed by atoms with Crippen molar-refractivity contribution >= 4 is 49.3 Å². The van der Waals surface area contributed by atoms with Gasteiger partial charge in [0.05, 0.1) is 4.90 Å². The molecule has 0 aliphatic rings. The fourth-order valence-electron chi connectivity index (χ4n) is 1.57. The first kappa shape index (κ1) is 16.8. The molecule has 2 aromatic carbocycles. The van der Waals surface area contributed by atoms with Crippen molar-refractivity contribution in [2.75, 3.05) is 12.3 Å². The van der Waals surface area contributed by atoms with Gasteiger partial charge >= 0.3 is 0 Å². The van der Waals surface area contributed by atoms with Gasteiger partial charge in [-0.15, -0.1) is 11.8 Å². The Morgan fingerprint density at radius 2 is 1.67 bits per heavy atom. The number of benzene rings is 2. The van der Waals surface area contributed by atoms with Crippen LogP contribution in [0.4, 0.5) is 0 Å². The SMILES string of the molecule is O=S(=O)(NCCSc1ccc(Cl)cc1)c1ccc(Br)cc1. The third-order valence-corrected chi connectivity index (χ3v) is 5.87. The topological polar surface area (TPSA) is 46.2 Å². The first-order chi connectivity index (χ1) is 9.97. The van der Waals surface area contributed by atoms with Crippen LogP contribution in [-0.4, -0.2) is 20.7 Å². The number of hydrogen-bond donors (Lipinski definition) is 1. The molecule has 7 heteroatoms. The van der Waals surface area contributed by atoms with Crippen LogP contribution < -0.4 is 4.72 Å². The Balaban J connectivity index is 1.85. The lowest BCUT2D eigenvalue weighted by molar-refractivity contribution is 0.584. The molecular weight excluding hydrogens is 394 g/mol. The van der Waals surface area contributed by atoms with Crippen molar-refractivity contribution in [2.24, 2.45) is 0 Å². The van der Waals surface area contributed by atoms with Gasteiger partial charge in [-0.05, 0) is 48.5 Å². The smallest absolute Gasteiger partial charge is 0.210 e. The van der Waals surface area contributed by atoms with Crippen LogP contribution in [0.1, 0.15) is 0 Å². The normalized spacial score (nSPS) is 11.5. The molecule has 0 spiro atoms. The molecule has 0 aromatic heterocycles. The zero-order valence-electron chi connectivity index (χ0n) is 10.9. The number of sulfonamides is 1. The fraction of sp³-hybridized carbons (Fsp3) is 0.143. The molecule has 0 heterocycles. The monoisotopic (exact) mass is 405 g/mol. The standard InChI is InChI=1S/C14H13BrClNO2S2/c15-11-1-7-14(8-2-11)21(18,19)17-9-10-20-13-5-3-12(16)4-6-13/h1-8,17H,9-10H2. The predicted octanol–water partition coefficient (Wildman–Crippen LogP) is 4.17.